The van der Waals surface area contributed by atoms with Crippen molar-refractivity contribution in [2.45, 2.75) is 65.1 Å². The Bertz CT molecular complexity index is 1280. The number of rotatable bonds is 7. The summed E-state index contributed by atoms with van der Waals surface area (Å²) < 4.78 is 2.10. The molecule has 3 N–H and O–H groups in total. The predicted octanol–water partition coefficient (Wildman–Crippen LogP) is 4.09. The van der Waals surface area contributed by atoms with Gasteiger partial charge in [-0.05, 0) is 43.4 Å². The molecule has 0 spiro atoms. The molecule has 5 rings (SSSR count). The summed E-state index contributed by atoms with van der Waals surface area (Å²) in [6, 6.07) is 14.6. The van der Waals surface area contributed by atoms with Crippen LogP contribution in [0.2, 0.25) is 0 Å². The molecule has 3 atom stereocenters. The number of nitrogens with one attached hydrogen (secondary N) is 3. The van der Waals surface area contributed by atoms with Crippen molar-refractivity contribution < 1.29 is 9.59 Å². The highest BCUT2D eigenvalue weighted by Gasteiger charge is 2.38. The number of hydrogen-bond acceptors (Lipinski definition) is 5. The Morgan fingerprint density at radius 1 is 1.14 bits per heavy atom. The van der Waals surface area contributed by atoms with Crippen molar-refractivity contribution >= 4 is 28.5 Å². The van der Waals surface area contributed by atoms with Gasteiger partial charge in [0.1, 0.15) is 5.82 Å². The Kier molecular flexibility index (Phi) is 7.31. The second-order valence-corrected chi connectivity index (χ2v) is 10.9. The van der Waals surface area contributed by atoms with E-state index in [1.807, 2.05) is 63.1 Å². The van der Waals surface area contributed by atoms with Gasteiger partial charge in [0.25, 0.3) is 5.91 Å². The molecule has 3 unspecified atom stereocenters. The molecule has 1 aromatic heterocycles. The van der Waals surface area contributed by atoms with E-state index in [-0.39, 0.29) is 23.8 Å². The van der Waals surface area contributed by atoms with E-state index in [0.29, 0.717) is 41.8 Å². The average molecular weight is 503 g/mol. The number of nitrogens with zero attached hydrogens (tertiary/aromatic N) is 3. The molecule has 8 nitrogen and oxygen atoms in total. The smallest absolute Gasteiger partial charge is 0.255 e. The first-order valence-corrected chi connectivity index (χ1v) is 13.4. The van der Waals surface area contributed by atoms with Gasteiger partial charge in [-0.3, -0.25) is 20.4 Å². The van der Waals surface area contributed by atoms with Crippen molar-refractivity contribution in [2.24, 2.45) is 11.8 Å². The van der Waals surface area contributed by atoms with E-state index >= 15 is 0 Å². The first-order chi connectivity index (χ1) is 17.8. The fourth-order valence-electron chi connectivity index (χ4n) is 5.77. The lowest BCUT2D eigenvalue weighted by molar-refractivity contribution is -0.118. The zero-order chi connectivity index (χ0) is 26.1. The maximum atomic E-state index is 14.0. The van der Waals surface area contributed by atoms with Crippen LogP contribution in [0.1, 0.15) is 61.3 Å². The topological polar surface area (TPSA) is 91.3 Å². The Morgan fingerprint density at radius 3 is 2.65 bits per heavy atom. The van der Waals surface area contributed by atoms with Crippen LogP contribution in [0.15, 0.2) is 42.5 Å². The van der Waals surface area contributed by atoms with Crippen LogP contribution in [-0.4, -0.2) is 51.9 Å². The number of aryl methyl sites for hydroxylation is 1. The summed E-state index contributed by atoms with van der Waals surface area (Å²) in [5.41, 5.74) is 10.7. The molecule has 196 valence electrons. The quantitative estimate of drug-likeness (QED) is 0.453. The lowest BCUT2D eigenvalue weighted by Crippen LogP contribution is -2.43. The number of hydrogen-bond donors (Lipinski definition) is 3. The zero-order valence-corrected chi connectivity index (χ0v) is 22.3. The molecule has 2 fully saturated rings. The van der Waals surface area contributed by atoms with Gasteiger partial charge in [0.05, 0.1) is 16.6 Å². The van der Waals surface area contributed by atoms with E-state index in [4.69, 9.17) is 4.98 Å². The Hall–Kier alpha value is -3.23. The number of benzene rings is 2. The molecular weight excluding hydrogens is 464 g/mol. The molecule has 37 heavy (non-hydrogen) atoms. The Labute approximate surface area is 218 Å². The number of likely N-dealkylation sites (N-methyl/N-ethyl adjacent to an activating group) is 1. The third-order valence-corrected chi connectivity index (χ3v) is 7.85. The molecule has 0 bridgehead atoms. The number of amides is 2. The standard InChI is InChI=1S/C29H38N6O2/c1-18(2)28(36)31-21-14-23(29(37)34(4)17-26-22-12-8-9-13-24(22)32-33-26)27-25(15-21)30-19(3)35(27)16-20-10-6-5-7-11-20/h5-7,10-11,14-15,18,22,24,26,32-33H,8-9,12-13,16-17H2,1-4H3,(H,31,36). The number of carbonyl (C=O) groups excluding carboxylic acids is 2. The molecule has 2 aliphatic rings. The zero-order valence-electron chi connectivity index (χ0n) is 22.3. The molecule has 2 amide bonds. The second-order valence-electron chi connectivity index (χ2n) is 10.9. The Morgan fingerprint density at radius 2 is 1.89 bits per heavy atom. The first-order valence-electron chi connectivity index (χ1n) is 13.4. The minimum Gasteiger partial charge on any atom is -0.340 e. The van der Waals surface area contributed by atoms with Crippen molar-refractivity contribution in [3.05, 3.63) is 59.4 Å². The third-order valence-electron chi connectivity index (χ3n) is 7.85. The highest BCUT2D eigenvalue weighted by Crippen LogP contribution is 2.31. The molecular formula is C29H38N6O2. The fraction of sp³-hybridized carbons (Fsp3) is 0.483. The van der Waals surface area contributed by atoms with Gasteiger partial charge in [-0.1, -0.05) is 57.0 Å². The number of imidazole rings is 1. The van der Waals surface area contributed by atoms with Crippen LogP contribution in [-0.2, 0) is 11.3 Å². The normalized spacial score (nSPS) is 21.3. The predicted molar refractivity (Wildman–Crippen MR) is 146 cm³/mol. The van der Waals surface area contributed by atoms with Gasteiger partial charge >= 0.3 is 0 Å². The number of fused-ring (bicyclic) bond motifs is 2. The van der Waals surface area contributed by atoms with Crippen LogP contribution in [0.5, 0.6) is 0 Å². The molecule has 0 radical (unpaired) electrons. The largest absolute Gasteiger partial charge is 0.340 e. The van der Waals surface area contributed by atoms with Gasteiger partial charge < -0.3 is 14.8 Å². The number of hydrazine groups is 1. The highest BCUT2D eigenvalue weighted by atomic mass is 16.2. The number of aromatic nitrogens is 2. The van der Waals surface area contributed by atoms with E-state index < -0.39 is 0 Å². The van der Waals surface area contributed by atoms with Gasteiger partial charge in [0.2, 0.25) is 5.91 Å². The molecule has 3 aromatic rings. The van der Waals surface area contributed by atoms with Gasteiger partial charge in [-0.15, -0.1) is 0 Å². The fourth-order valence-corrected chi connectivity index (χ4v) is 5.77. The van der Waals surface area contributed by atoms with Gasteiger partial charge in [-0.2, -0.15) is 0 Å². The monoisotopic (exact) mass is 502 g/mol. The number of carbonyl (C=O) groups is 2. The highest BCUT2D eigenvalue weighted by molar-refractivity contribution is 6.07. The maximum Gasteiger partial charge on any atom is 0.255 e. The molecule has 2 aromatic carbocycles. The van der Waals surface area contributed by atoms with E-state index in [1.165, 1.54) is 25.7 Å². The molecule has 8 heteroatoms. The average Bonchev–Trinajstić information content (AvgIpc) is 3.44. The van der Waals surface area contributed by atoms with E-state index in [0.717, 1.165) is 16.9 Å². The molecule has 1 saturated heterocycles. The molecule has 1 aliphatic heterocycles. The van der Waals surface area contributed by atoms with E-state index in [1.54, 1.807) is 0 Å². The SMILES string of the molecule is Cc1nc2cc(NC(=O)C(C)C)cc(C(=O)N(C)CC3NNC4CCCCC43)c2n1Cc1ccccc1. The lowest BCUT2D eigenvalue weighted by atomic mass is 9.81. The van der Waals surface area contributed by atoms with Crippen LogP contribution >= 0.6 is 0 Å². The van der Waals surface area contributed by atoms with Crippen molar-refractivity contribution in [3.63, 3.8) is 0 Å². The van der Waals surface area contributed by atoms with Crippen LogP contribution in [0, 0.1) is 18.8 Å². The van der Waals surface area contributed by atoms with E-state index in [2.05, 4.69) is 32.9 Å². The van der Waals surface area contributed by atoms with Gasteiger partial charge in [-0.25, -0.2) is 4.98 Å². The lowest BCUT2D eigenvalue weighted by Gasteiger charge is -2.29. The summed E-state index contributed by atoms with van der Waals surface area (Å²) >= 11 is 0. The van der Waals surface area contributed by atoms with Crippen molar-refractivity contribution in [3.8, 4) is 0 Å². The molecule has 1 saturated carbocycles. The summed E-state index contributed by atoms with van der Waals surface area (Å²) in [6.45, 7) is 6.90. The summed E-state index contributed by atoms with van der Waals surface area (Å²) in [7, 11) is 1.87. The van der Waals surface area contributed by atoms with Crippen molar-refractivity contribution in [1.82, 2.24) is 25.3 Å². The van der Waals surface area contributed by atoms with Crippen LogP contribution < -0.4 is 16.2 Å². The minimum atomic E-state index is -0.167. The third kappa shape index (κ3) is 5.26. The Balaban J connectivity index is 1.50. The summed E-state index contributed by atoms with van der Waals surface area (Å²) in [4.78, 5) is 33.1. The summed E-state index contributed by atoms with van der Waals surface area (Å²) in [5.74, 6) is 1.04. The van der Waals surface area contributed by atoms with Crippen LogP contribution in [0.25, 0.3) is 11.0 Å². The molecule has 2 heterocycles. The van der Waals surface area contributed by atoms with Gasteiger partial charge in [0, 0.05) is 43.8 Å². The second kappa shape index (κ2) is 10.6. The summed E-state index contributed by atoms with van der Waals surface area (Å²) in [6.07, 6.45) is 4.87. The molecule has 1 aliphatic carbocycles. The van der Waals surface area contributed by atoms with Crippen LogP contribution in [0.3, 0.4) is 0 Å². The maximum absolute atomic E-state index is 14.0. The van der Waals surface area contributed by atoms with E-state index in [9.17, 15) is 9.59 Å². The van der Waals surface area contributed by atoms with Gasteiger partial charge in [0.15, 0.2) is 0 Å². The summed E-state index contributed by atoms with van der Waals surface area (Å²) in [5, 5.41) is 2.98. The first kappa shape index (κ1) is 25.4. The van der Waals surface area contributed by atoms with Crippen molar-refractivity contribution in [2.75, 3.05) is 18.9 Å². The minimum absolute atomic E-state index is 0.0686. The van der Waals surface area contributed by atoms with Crippen LogP contribution in [0.4, 0.5) is 5.69 Å². The van der Waals surface area contributed by atoms with Crippen molar-refractivity contribution in [1.29, 1.82) is 0 Å². The number of anilines is 1.